The molecule has 0 N–H and O–H groups in total. The molecule has 0 aliphatic carbocycles. The molecule has 0 bridgehead atoms. The normalized spacial score (nSPS) is 11.4. The molecule has 0 fully saturated rings. The highest BCUT2D eigenvalue weighted by molar-refractivity contribution is 9.11. The molecule has 16 heavy (non-hydrogen) atoms. The van der Waals surface area contributed by atoms with Crippen molar-refractivity contribution >= 4 is 44.2 Å². The molecule has 86 valence electrons. The summed E-state index contributed by atoms with van der Waals surface area (Å²) >= 11 is 6.83. The quantitative estimate of drug-likeness (QED) is 0.602. The second-order valence-corrected chi connectivity index (χ2v) is 4.97. The number of aldehydes is 1. The Morgan fingerprint density at radius 3 is 2.62 bits per heavy atom. The van der Waals surface area contributed by atoms with Crippen LogP contribution in [0, 0.1) is 0 Å². The molecule has 0 aromatic heterocycles. The molecule has 0 aliphatic rings. The number of methoxy groups -OCH3 is 1. The minimum atomic E-state index is 0.705. The molecule has 0 aliphatic heterocycles. The molecule has 1 aromatic carbocycles. The second-order valence-electron chi connectivity index (χ2n) is 3.20. The summed E-state index contributed by atoms with van der Waals surface area (Å²) in [6, 6.07) is 3.82. The van der Waals surface area contributed by atoms with Crippen LogP contribution in [0.1, 0.15) is 18.9 Å². The molecule has 1 rings (SSSR count). The molecule has 2 nitrogen and oxygen atoms in total. The Labute approximate surface area is 112 Å². The van der Waals surface area contributed by atoms with Gasteiger partial charge in [-0.1, -0.05) is 22.9 Å². The number of hydrogen-bond donors (Lipinski definition) is 0. The number of allylic oxidation sites excluding steroid dienone is 1. The lowest BCUT2D eigenvalue weighted by atomic mass is 10.1. The average Bonchev–Trinajstić information content (AvgIpc) is 2.25. The monoisotopic (exact) mass is 346 g/mol. The third-order valence-corrected chi connectivity index (χ3v) is 3.19. The van der Waals surface area contributed by atoms with Gasteiger partial charge in [-0.25, -0.2) is 0 Å². The zero-order valence-electron chi connectivity index (χ0n) is 9.09. The fourth-order valence-corrected chi connectivity index (χ4v) is 2.74. The summed E-state index contributed by atoms with van der Waals surface area (Å²) in [7, 11) is 1.61. The fraction of sp³-hybridized carbons (Fsp3) is 0.250. The number of rotatable bonds is 4. The molecular weight excluding hydrogens is 336 g/mol. The van der Waals surface area contributed by atoms with Crippen LogP contribution < -0.4 is 4.74 Å². The molecule has 0 heterocycles. The van der Waals surface area contributed by atoms with Crippen LogP contribution in [0.5, 0.6) is 5.75 Å². The van der Waals surface area contributed by atoms with Crippen LogP contribution >= 0.6 is 31.9 Å². The first-order valence-electron chi connectivity index (χ1n) is 4.81. The predicted octanol–water partition coefficient (Wildman–Crippen LogP) is 4.21. The highest BCUT2D eigenvalue weighted by Gasteiger charge is 2.07. The number of benzene rings is 1. The molecule has 0 saturated carbocycles. The Hall–Kier alpha value is -0.610. The first-order valence-corrected chi connectivity index (χ1v) is 6.39. The van der Waals surface area contributed by atoms with Crippen LogP contribution in [0.15, 0.2) is 26.7 Å². The van der Waals surface area contributed by atoms with Crippen molar-refractivity contribution in [3.8, 4) is 5.75 Å². The van der Waals surface area contributed by atoms with Gasteiger partial charge in [0.15, 0.2) is 0 Å². The lowest BCUT2D eigenvalue weighted by Gasteiger charge is -2.08. The topological polar surface area (TPSA) is 26.3 Å². The Morgan fingerprint density at radius 2 is 2.12 bits per heavy atom. The lowest BCUT2D eigenvalue weighted by molar-refractivity contribution is -0.104. The number of halogens is 2. The van der Waals surface area contributed by atoms with Gasteiger partial charge in [-0.05, 0) is 46.1 Å². The van der Waals surface area contributed by atoms with E-state index in [1.54, 1.807) is 7.11 Å². The summed E-state index contributed by atoms with van der Waals surface area (Å²) in [5, 5.41) is 0. The van der Waals surface area contributed by atoms with Crippen molar-refractivity contribution in [2.24, 2.45) is 0 Å². The molecule has 0 spiro atoms. The van der Waals surface area contributed by atoms with Crippen molar-refractivity contribution in [1.29, 1.82) is 0 Å². The van der Waals surface area contributed by atoms with Crippen molar-refractivity contribution in [2.45, 2.75) is 13.3 Å². The highest BCUT2D eigenvalue weighted by atomic mass is 79.9. The Bertz CT molecular complexity index is 425. The Morgan fingerprint density at radius 1 is 1.44 bits per heavy atom. The first-order chi connectivity index (χ1) is 7.62. The van der Waals surface area contributed by atoms with E-state index in [2.05, 4.69) is 31.9 Å². The number of ether oxygens (including phenoxy) is 1. The van der Waals surface area contributed by atoms with Crippen molar-refractivity contribution < 1.29 is 9.53 Å². The summed E-state index contributed by atoms with van der Waals surface area (Å²) in [5.74, 6) is 0.732. The molecule has 0 radical (unpaired) electrons. The third kappa shape index (κ3) is 3.19. The van der Waals surface area contributed by atoms with Gasteiger partial charge in [-0.2, -0.15) is 0 Å². The van der Waals surface area contributed by atoms with Crippen LogP contribution in [0.25, 0.3) is 6.08 Å². The molecular formula is C12H12Br2O2. The summed E-state index contributed by atoms with van der Waals surface area (Å²) in [4.78, 5) is 10.8. The minimum Gasteiger partial charge on any atom is -0.495 e. The van der Waals surface area contributed by atoms with E-state index in [1.807, 2.05) is 25.1 Å². The largest absolute Gasteiger partial charge is 0.495 e. The molecule has 0 unspecified atom stereocenters. The highest BCUT2D eigenvalue weighted by Crippen LogP contribution is 2.34. The van der Waals surface area contributed by atoms with E-state index in [1.165, 1.54) is 0 Å². The smallest absolute Gasteiger partial charge is 0.146 e. The maximum Gasteiger partial charge on any atom is 0.146 e. The van der Waals surface area contributed by atoms with E-state index < -0.39 is 0 Å². The van der Waals surface area contributed by atoms with E-state index in [-0.39, 0.29) is 0 Å². The summed E-state index contributed by atoms with van der Waals surface area (Å²) < 4.78 is 7.09. The Kier molecular flexibility index (Phi) is 5.22. The number of hydrogen-bond acceptors (Lipinski definition) is 2. The van der Waals surface area contributed by atoms with E-state index in [4.69, 9.17) is 4.74 Å². The summed E-state index contributed by atoms with van der Waals surface area (Å²) in [6.45, 7) is 1.94. The zero-order chi connectivity index (χ0) is 12.1. The van der Waals surface area contributed by atoms with Crippen LogP contribution in [0.2, 0.25) is 0 Å². The lowest BCUT2D eigenvalue weighted by Crippen LogP contribution is -1.91. The van der Waals surface area contributed by atoms with E-state index in [9.17, 15) is 4.79 Å². The van der Waals surface area contributed by atoms with Gasteiger partial charge in [0.25, 0.3) is 0 Å². The van der Waals surface area contributed by atoms with Gasteiger partial charge in [0.05, 0.1) is 11.6 Å². The van der Waals surface area contributed by atoms with Gasteiger partial charge in [-0.15, -0.1) is 0 Å². The van der Waals surface area contributed by atoms with Crippen molar-refractivity contribution in [3.63, 3.8) is 0 Å². The Balaban J connectivity index is 3.31. The van der Waals surface area contributed by atoms with Crippen LogP contribution in [-0.4, -0.2) is 13.4 Å². The van der Waals surface area contributed by atoms with Gasteiger partial charge in [0.1, 0.15) is 12.0 Å². The fourth-order valence-electron chi connectivity index (χ4n) is 1.32. The molecule has 0 saturated heterocycles. The summed E-state index contributed by atoms with van der Waals surface area (Å²) in [5.41, 5.74) is 1.62. The van der Waals surface area contributed by atoms with Gasteiger partial charge >= 0.3 is 0 Å². The maximum absolute atomic E-state index is 10.8. The van der Waals surface area contributed by atoms with Crippen LogP contribution in [-0.2, 0) is 4.79 Å². The third-order valence-electron chi connectivity index (χ3n) is 2.14. The maximum atomic E-state index is 10.8. The number of carbonyl (C=O) groups is 1. The molecule has 0 amide bonds. The standard InChI is InChI=1S/C12H12Br2O2/c1-3-8(7-15)4-9-5-10(13)6-11(14)12(9)16-2/h4-7H,3H2,1-2H3. The van der Waals surface area contributed by atoms with Gasteiger partial charge < -0.3 is 4.74 Å². The number of carbonyl (C=O) groups excluding carboxylic acids is 1. The van der Waals surface area contributed by atoms with Gasteiger partial charge in [0.2, 0.25) is 0 Å². The second kappa shape index (κ2) is 6.21. The summed E-state index contributed by atoms with van der Waals surface area (Å²) in [6.07, 6.45) is 3.41. The predicted molar refractivity (Wildman–Crippen MR) is 72.7 cm³/mol. The van der Waals surface area contributed by atoms with Gasteiger partial charge in [-0.3, -0.25) is 4.79 Å². The van der Waals surface area contributed by atoms with Crippen molar-refractivity contribution in [3.05, 3.63) is 32.2 Å². The van der Waals surface area contributed by atoms with E-state index in [0.717, 1.165) is 32.1 Å². The van der Waals surface area contributed by atoms with E-state index >= 15 is 0 Å². The average molecular weight is 348 g/mol. The van der Waals surface area contributed by atoms with Crippen molar-refractivity contribution in [1.82, 2.24) is 0 Å². The molecule has 0 atom stereocenters. The van der Waals surface area contributed by atoms with E-state index in [0.29, 0.717) is 6.42 Å². The SMILES string of the molecule is CCC(C=O)=Cc1cc(Br)cc(Br)c1OC. The minimum absolute atomic E-state index is 0.705. The molecule has 4 heteroatoms. The van der Waals surface area contributed by atoms with Crippen LogP contribution in [0.3, 0.4) is 0 Å². The van der Waals surface area contributed by atoms with Gasteiger partial charge in [0, 0.05) is 10.0 Å². The first kappa shape index (κ1) is 13.5. The van der Waals surface area contributed by atoms with Crippen molar-refractivity contribution in [2.75, 3.05) is 7.11 Å². The zero-order valence-corrected chi connectivity index (χ0v) is 12.3. The molecule has 1 aromatic rings. The van der Waals surface area contributed by atoms with Crippen LogP contribution in [0.4, 0.5) is 0 Å².